The van der Waals surface area contributed by atoms with Gasteiger partial charge in [-0.25, -0.2) is 0 Å². The van der Waals surface area contributed by atoms with Crippen molar-refractivity contribution in [1.82, 2.24) is 4.90 Å². The van der Waals surface area contributed by atoms with Crippen molar-refractivity contribution in [1.29, 1.82) is 0 Å². The minimum absolute atomic E-state index is 0.291. The lowest BCUT2D eigenvalue weighted by Gasteiger charge is -2.38. The highest BCUT2D eigenvalue weighted by atomic mass is 79.9. The normalized spacial score (nSPS) is 22.4. The minimum atomic E-state index is -1.44. The van der Waals surface area contributed by atoms with Crippen molar-refractivity contribution in [2.45, 2.75) is 17.5 Å². The standard InChI is InChI=1S/C36H29BrN2O6/c1-43-27-14-12-21(18-25(27)37)33(41)31-30(32(40)22-13-15-28(44-2)29(19-22)45-3)36(24-10-6-7-11-26(24)38-35(36)42)34-23-9-5-4-8-20(23)16-17-39(31)34/h4-19,30-31,34H,1-3H3,(H,38,42). The highest BCUT2D eigenvalue weighted by molar-refractivity contribution is 9.10. The van der Waals surface area contributed by atoms with Crippen LogP contribution in [0.4, 0.5) is 5.69 Å². The van der Waals surface area contributed by atoms with Gasteiger partial charge in [-0.05, 0) is 81.2 Å². The van der Waals surface area contributed by atoms with Crippen LogP contribution < -0.4 is 19.5 Å². The van der Waals surface area contributed by atoms with Gasteiger partial charge in [0.2, 0.25) is 5.91 Å². The van der Waals surface area contributed by atoms with Crippen molar-refractivity contribution in [3.63, 3.8) is 0 Å². The molecule has 1 fully saturated rings. The molecule has 0 saturated carbocycles. The maximum absolute atomic E-state index is 15.1. The summed E-state index contributed by atoms with van der Waals surface area (Å²) in [5.41, 5.74) is 2.34. The molecule has 226 valence electrons. The number of methoxy groups -OCH3 is 3. The van der Waals surface area contributed by atoms with Crippen molar-refractivity contribution in [3.8, 4) is 17.2 Å². The van der Waals surface area contributed by atoms with E-state index in [-0.39, 0.29) is 17.5 Å². The molecule has 3 aliphatic heterocycles. The van der Waals surface area contributed by atoms with Gasteiger partial charge in [0.05, 0.1) is 37.8 Å². The number of hydrogen-bond donors (Lipinski definition) is 1. The van der Waals surface area contributed by atoms with Crippen LogP contribution in [0.1, 0.15) is 43.4 Å². The SMILES string of the molecule is COc1ccc(C(=O)C2C(C(=O)c3ccc(OC)c(OC)c3)C3(C(=O)Nc4ccccc43)C3c4ccccc4C=CN23)cc1Br. The number of fused-ring (bicyclic) bond motifs is 6. The van der Waals surface area contributed by atoms with Gasteiger partial charge in [0.25, 0.3) is 0 Å². The second-order valence-corrected chi connectivity index (χ2v) is 12.1. The number of nitrogens with zero attached hydrogens (tertiary/aromatic N) is 1. The van der Waals surface area contributed by atoms with Crippen LogP contribution in [-0.4, -0.2) is 49.7 Å². The van der Waals surface area contributed by atoms with Gasteiger partial charge in [-0.15, -0.1) is 0 Å². The summed E-state index contributed by atoms with van der Waals surface area (Å²) in [6, 6.07) is 23.6. The first kappa shape index (κ1) is 28.9. The second kappa shape index (κ2) is 10.9. The van der Waals surface area contributed by atoms with Gasteiger partial charge in [0.15, 0.2) is 23.1 Å². The predicted octanol–water partition coefficient (Wildman–Crippen LogP) is 6.46. The lowest BCUT2D eigenvalue weighted by atomic mass is 9.62. The fourth-order valence-electron chi connectivity index (χ4n) is 7.33. The highest BCUT2D eigenvalue weighted by Crippen LogP contribution is 2.62. The number of nitrogens with one attached hydrogen (secondary N) is 1. The van der Waals surface area contributed by atoms with Gasteiger partial charge >= 0.3 is 0 Å². The lowest BCUT2D eigenvalue weighted by Crippen LogP contribution is -2.49. The molecule has 9 heteroatoms. The van der Waals surface area contributed by atoms with Crippen LogP contribution >= 0.6 is 15.9 Å². The largest absolute Gasteiger partial charge is 0.496 e. The molecule has 1 amide bonds. The van der Waals surface area contributed by atoms with E-state index in [1.54, 1.807) is 43.5 Å². The van der Waals surface area contributed by atoms with E-state index >= 15 is 4.79 Å². The number of anilines is 1. The molecule has 4 aromatic carbocycles. The molecule has 3 aliphatic rings. The van der Waals surface area contributed by atoms with E-state index in [1.807, 2.05) is 65.7 Å². The molecular formula is C36H29BrN2O6. The Kier molecular flexibility index (Phi) is 7.00. The summed E-state index contributed by atoms with van der Waals surface area (Å²) in [5.74, 6) is -0.682. The average molecular weight is 666 g/mol. The number of carbonyl (C=O) groups excluding carboxylic acids is 3. The third kappa shape index (κ3) is 4.14. The second-order valence-electron chi connectivity index (χ2n) is 11.2. The molecule has 0 bridgehead atoms. The number of ketones is 2. The molecule has 45 heavy (non-hydrogen) atoms. The quantitative estimate of drug-likeness (QED) is 0.227. The summed E-state index contributed by atoms with van der Waals surface area (Å²) in [7, 11) is 4.57. The molecule has 1 spiro atoms. The Morgan fingerprint density at radius 3 is 2.20 bits per heavy atom. The lowest BCUT2D eigenvalue weighted by molar-refractivity contribution is -0.122. The maximum atomic E-state index is 15.1. The van der Waals surface area contributed by atoms with E-state index in [0.717, 1.165) is 11.1 Å². The molecule has 1 saturated heterocycles. The fraction of sp³-hybridized carbons (Fsp3) is 0.194. The smallest absolute Gasteiger partial charge is 0.238 e. The third-order valence-corrected chi connectivity index (χ3v) is 9.85. The number of amides is 1. The van der Waals surface area contributed by atoms with Crippen LogP contribution in [0.25, 0.3) is 6.08 Å². The van der Waals surface area contributed by atoms with Gasteiger partial charge in [-0.3, -0.25) is 14.4 Å². The zero-order valence-corrected chi connectivity index (χ0v) is 26.3. The van der Waals surface area contributed by atoms with Crippen molar-refractivity contribution >= 4 is 45.2 Å². The van der Waals surface area contributed by atoms with Gasteiger partial charge in [0.1, 0.15) is 17.2 Å². The third-order valence-electron chi connectivity index (χ3n) is 9.23. The summed E-state index contributed by atoms with van der Waals surface area (Å²) < 4.78 is 17.0. The van der Waals surface area contributed by atoms with Crippen LogP contribution in [0.15, 0.2) is 95.6 Å². The molecule has 0 radical (unpaired) electrons. The number of ether oxygens (including phenoxy) is 3. The Hall–Kier alpha value is -4.89. The number of Topliss-reactive ketones (excluding diaryl/α,β-unsaturated/α-hetero) is 2. The first-order chi connectivity index (χ1) is 21.8. The predicted molar refractivity (Wildman–Crippen MR) is 173 cm³/mol. The van der Waals surface area contributed by atoms with Crippen molar-refractivity contribution in [3.05, 3.63) is 123 Å². The molecule has 1 N–H and O–H groups in total. The highest BCUT2D eigenvalue weighted by Gasteiger charge is 2.70. The topological polar surface area (TPSA) is 94.2 Å². The number of benzene rings is 4. The molecule has 3 heterocycles. The van der Waals surface area contributed by atoms with Gasteiger partial charge in [-0.2, -0.15) is 0 Å². The minimum Gasteiger partial charge on any atom is -0.496 e. The van der Waals surface area contributed by atoms with E-state index in [0.29, 0.717) is 44.1 Å². The molecule has 7 rings (SSSR count). The van der Waals surface area contributed by atoms with Crippen LogP contribution in [0, 0.1) is 5.92 Å². The molecule has 8 nitrogen and oxygen atoms in total. The van der Waals surface area contributed by atoms with Crippen molar-refractivity contribution in [2.75, 3.05) is 26.6 Å². The Balaban J connectivity index is 1.51. The van der Waals surface area contributed by atoms with Crippen LogP contribution in [0.2, 0.25) is 0 Å². The molecule has 0 aromatic heterocycles. The number of rotatable bonds is 7. The molecule has 4 unspecified atom stereocenters. The molecule has 0 aliphatic carbocycles. The van der Waals surface area contributed by atoms with E-state index < -0.39 is 23.4 Å². The van der Waals surface area contributed by atoms with E-state index in [4.69, 9.17) is 14.2 Å². The zero-order chi connectivity index (χ0) is 31.5. The number of para-hydroxylation sites is 1. The summed E-state index contributed by atoms with van der Waals surface area (Å²) in [6.45, 7) is 0. The first-order valence-electron chi connectivity index (χ1n) is 14.4. The van der Waals surface area contributed by atoms with E-state index in [2.05, 4.69) is 21.2 Å². The van der Waals surface area contributed by atoms with Gasteiger partial charge in [0, 0.05) is 23.0 Å². The average Bonchev–Trinajstić information content (AvgIpc) is 3.55. The zero-order valence-electron chi connectivity index (χ0n) is 24.7. The fourth-order valence-corrected chi connectivity index (χ4v) is 7.87. The Bertz CT molecular complexity index is 1920. The summed E-state index contributed by atoms with van der Waals surface area (Å²) in [5, 5.41) is 3.07. The number of carbonyl (C=O) groups is 3. The van der Waals surface area contributed by atoms with E-state index in [1.165, 1.54) is 14.2 Å². The Labute approximate surface area is 268 Å². The van der Waals surface area contributed by atoms with Crippen LogP contribution in [0.5, 0.6) is 17.2 Å². The van der Waals surface area contributed by atoms with Crippen LogP contribution in [-0.2, 0) is 10.2 Å². The Morgan fingerprint density at radius 1 is 0.800 bits per heavy atom. The monoisotopic (exact) mass is 664 g/mol. The first-order valence-corrected chi connectivity index (χ1v) is 15.2. The molecule has 4 atom stereocenters. The molecular weight excluding hydrogens is 636 g/mol. The molecule has 4 aromatic rings. The van der Waals surface area contributed by atoms with E-state index in [9.17, 15) is 9.59 Å². The van der Waals surface area contributed by atoms with Crippen LogP contribution in [0.3, 0.4) is 0 Å². The van der Waals surface area contributed by atoms with Gasteiger partial charge in [-0.1, -0.05) is 42.5 Å². The number of halogens is 1. The van der Waals surface area contributed by atoms with Crippen molar-refractivity contribution < 1.29 is 28.6 Å². The maximum Gasteiger partial charge on any atom is 0.238 e. The summed E-state index contributed by atoms with van der Waals surface area (Å²) in [6.07, 6.45) is 3.79. The summed E-state index contributed by atoms with van der Waals surface area (Å²) in [4.78, 5) is 46.5. The van der Waals surface area contributed by atoms with Gasteiger partial charge < -0.3 is 24.4 Å². The number of hydrogen-bond acceptors (Lipinski definition) is 7. The summed E-state index contributed by atoms with van der Waals surface area (Å²) >= 11 is 3.51. The van der Waals surface area contributed by atoms with Crippen molar-refractivity contribution in [2.24, 2.45) is 5.92 Å². The Morgan fingerprint density at radius 2 is 1.47 bits per heavy atom.